The van der Waals surface area contributed by atoms with Crippen LogP contribution in [0, 0.1) is 17.5 Å². The zero-order chi connectivity index (χ0) is 21.1. The Labute approximate surface area is 164 Å². The summed E-state index contributed by atoms with van der Waals surface area (Å²) in [5.41, 5.74) is 4.83. The standard InChI is InChI=1S/C18H15F3N4O3S/c19-11-6-9(2-1-5-24-29(27)28)16(20)15(17(11)21)18(26)10-3-4-12-13(7-10)25-14(22)8-23-12/h3-4,6-8,29H,1-2,5H2,(H2,22,25)(H,24,27,28). The van der Waals surface area contributed by atoms with Crippen LogP contribution in [0.2, 0.25) is 0 Å². The van der Waals surface area contributed by atoms with Crippen molar-refractivity contribution in [1.29, 1.82) is 0 Å². The van der Waals surface area contributed by atoms with Crippen molar-refractivity contribution in [2.45, 2.75) is 12.8 Å². The van der Waals surface area contributed by atoms with E-state index in [-0.39, 0.29) is 41.8 Å². The van der Waals surface area contributed by atoms with Gasteiger partial charge in [0, 0.05) is 12.1 Å². The van der Waals surface area contributed by atoms with Gasteiger partial charge >= 0.3 is 0 Å². The first-order chi connectivity index (χ1) is 13.8. The molecule has 7 nitrogen and oxygen atoms in total. The summed E-state index contributed by atoms with van der Waals surface area (Å²) in [6.45, 7) is -0.00874. The SMILES string of the molecule is Nc1cnc2ccc(C(=O)c3c(F)c(F)cc(CCCN[SH](=O)=O)c3F)cc2n1. The second-order valence-corrected chi connectivity index (χ2v) is 6.95. The molecule has 0 aliphatic heterocycles. The fraction of sp³-hybridized carbons (Fsp3) is 0.167. The maximum Gasteiger partial charge on any atom is 0.201 e. The van der Waals surface area contributed by atoms with Crippen LogP contribution in [0.15, 0.2) is 30.5 Å². The van der Waals surface area contributed by atoms with Crippen LogP contribution in [0.25, 0.3) is 11.0 Å². The van der Waals surface area contributed by atoms with E-state index in [1.54, 1.807) is 0 Å². The monoisotopic (exact) mass is 424 g/mol. The highest BCUT2D eigenvalue weighted by Gasteiger charge is 2.25. The molecule has 0 fully saturated rings. The lowest BCUT2D eigenvalue weighted by atomic mass is 9.97. The molecule has 0 unspecified atom stereocenters. The average Bonchev–Trinajstić information content (AvgIpc) is 2.68. The lowest BCUT2D eigenvalue weighted by Gasteiger charge is -2.11. The van der Waals surface area contributed by atoms with Crippen molar-refractivity contribution in [2.24, 2.45) is 0 Å². The highest BCUT2D eigenvalue weighted by atomic mass is 32.2. The largest absolute Gasteiger partial charge is 0.382 e. The van der Waals surface area contributed by atoms with Gasteiger partial charge in [0.2, 0.25) is 10.9 Å². The van der Waals surface area contributed by atoms with Crippen molar-refractivity contribution < 1.29 is 26.4 Å². The molecule has 0 aliphatic carbocycles. The minimum atomic E-state index is -2.82. The van der Waals surface area contributed by atoms with Crippen LogP contribution >= 0.6 is 0 Å². The third-order valence-electron chi connectivity index (χ3n) is 4.15. The minimum absolute atomic E-state index is 0.00874. The maximum atomic E-state index is 14.8. The molecule has 0 saturated carbocycles. The summed E-state index contributed by atoms with van der Waals surface area (Å²) >= 11 is 0. The van der Waals surface area contributed by atoms with Crippen LogP contribution in [0.1, 0.15) is 27.9 Å². The Hall–Kier alpha value is -3.05. The molecule has 0 radical (unpaired) electrons. The number of carbonyl (C=O) groups excluding carboxylic acids is 1. The molecule has 3 aromatic rings. The second-order valence-electron chi connectivity index (χ2n) is 6.12. The van der Waals surface area contributed by atoms with Crippen molar-refractivity contribution in [3.63, 3.8) is 0 Å². The number of rotatable bonds is 7. The Morgan fingerprint density at radius 1 is 1.10 bits per heavy atom. The topological polar surface area (TPSA) is 115 Å². The molecule has 11 heteroatoms. The Morgan fingerprint density at radius 3 is 2.59 bits per heavy atom. The van der Waals surface area contributed by atoms with Crippen LogP contribution in [0.4, 0.5) is 19.0 Å². The average molecular weight is 424 g/mol. The number of fused-ring (bicyclic) bond motifs is 1. The van der Waals surface area contributed by atoms with Gasteiger partial charge in [-0.1, -0.05) is 0 Å². The van der Waals surface area contributed by atoms with Gasteiger partial charge in [0.25, 0.3) is 0 Å². The zero-order valence-electron chi connectivity index (χ0n) is 14.8. The maximum absolute atomic E-state index is 14.8. The lowest BCUT2D eigenvalue weighted by Crippen LogP contribution is -2.15. The summed E-state index contributed by atoms with van der Waals surface area (Å²) in [7, 11) is -2.82. The minimum Gasteiger partial charge on any atom is -0.382 e. The number of hydrogen-bond acceptors (Lipinski definition) is 6. The van der Waals surface area contributed by atoms with Gasteiger partial charge in [-0.15, -0.1) is 0 Å². The number of nitrogens with one attached hydrogen (secondary N) is 1. The Morgan fingerprint density at radius 2 is 1.86 bits per heavy atom. The number of nitrogens with two attached hydrogens (primary N) is 1. The smallest absolute Gasteiger partial charge is 0.201 e. The number of nitrogen functional groups attached to an aromatic ring is 1. The molecule has 0 spiro atoms. The second kappa shape index (κ2) is 8.53. The molecule has 0 amide bonds. The van der Waals surface area contributed by atoms with E-state index in [4.69, 9.17) is 5.73 Å². The Bertz CT molecular complexity index is 1180. The summed E-state index contributed by atoms with van der Waals surface area (Å²) < 4.78 is 66.1. The van der Waals surface area contributed by atoms with Crippen molar-refractivity contribution in [2.75, 3.05) is 12.3 Å². The number of nitrogens with zero attached hydrogens (tertiary/aromatic N) is 2. The van der Waals surface area contributed by atoms with Crippen LogP contribution < -0.4 is 10.5 Å². The van der Waals surface area contributed by atoms with Crippen LogP contribution in [0.5, 0.6) is 0 Å². The van der Waals surface area contributed by atoms with Gasteiger partial charge in [-0.2, -0.15) is 0 Å². The molecular weight excluding hydrogens is 409 g/mol. The van der Waals surface area contributed by atoms with Crippen LogP contribution in [-0.4, -0.2) is 30.7 Å². The molecule has 3 rings (SSSR count). The number of ketones is 1. The van der Waals surface area contributed by atoms with Gasteiger partial charge in [-0.25, -0.2) is 31.3 Å². The highest BCUT2D eigenvalue weighted by molar-refractivity contribution is 7.70. The number of carbonyl (C=O) groups is 1. The predicted octanol–water partition coefficient (Wildman–Crippen LogP) is 1.91. The fourth-order valence-corrected chi connectivity index (χ4v) is 3.14. The molecular formula is C18H15F3N4O3S. The van der Waals surface area contributed by atoms with E-state index in [9.17, 15) is 26.4 Å². The van der Waals surface area contributed by atoms with E-state index in [1.807, 2.05) is 0 Å². The Kier molecular flexibility index (Phi) is 6.09. The number of benzene rings is 2. The molecule has 29 heavy (non-hydrogen) atoms. The zero-order valence-corrected chi connectivity index (χ0v) is 15.7. The molecule has 0 atom stereocenters. The number of aryl methyl sites for hydroxylation is 1. The van der Waals surface area contributed by atoms with Gasteiger partial charge in [0.15, 0.2) is 17.4 Å². The fourth-order valence-electron chi connectivity index (χ4n) is 2.80. The quantitative estimate of drug-likeness (QED) is 0.231. The lowest BCUT2D eigenvalue weighted by molar-refractivity contribution is 0.102. The van der Waals surface area contributed by atoms with Crippen LogP contribution in [0.3, 0.4) is 0 Å². The third-order valence-corrected chi connectivity index (χ3v) is 4.63. The molecule has 1 heterocycles. The molecule has 0 aliphatic rings. The highest BCUT2D eigenvalue weighted by Crippen LogP contribution is 2.25. The van der Waals surface area contributed by atoms with E-state index < -0.39 is 39.7 Å². The molecule has 0 saturated heterocycles. The number of thiol groups is 1. The van der Waals surface area contributed by atoms with E-state index in [1.165, 1.54) is 24.4 Å². The van der Waals surface area contributed by atoms with Crippen molar-refractivity contribution >= 4 is 33.5 Å². The van der Waals surface area contributed by atoms with E-state index in [0.29, 0.717) is 11.6 Å². The van der Waals surface area contributed by atoms with Crippen molar-refractivity contribution in [3.05, 3.63) is 64.6 Å². The number of anilines is 1. The van der Waals surface area contributed by atoms with Gasteiger partial charge in [-0.05, 0) is 42.7 Å². The summed E-state index contributed by atoms with van der Waals surface area (Å²) in [5.74, 6) is -5.14. The van der Waals surface area contributed by atoms with E-state index >= 15 is 0 Å². The summed E-state index contributed by atoms with van der Waals surface area (Å²) in [5, 5.41) is 0. The van der Waals surface area contributed by atoms with E-state index in [0.717, 1.165) is 0 Å². The number of aromatic nitrogens is 2. The first-order valence-electron chi connectivity index (χ1n) is 8.39. The molecule has 152 valence electrons. The van der Waals surface area contributed by atoms with Crippen molar-refractivity contribution in [3.8, 4) is 0 Å². The number of hydrogen-bond donors (Lipinski definition) is 3. The molecule has 1 aromatic heterocycles. The predicted molar refractivity (Wildman–Crippen MR) is 100 cm³/mol. The molecule has 3 N–H and O–H groups in total. The molecule has 2 aromatic carbocycles. The summed E-state index contributed by atoms with van der Waals surface area (Å²) in [6, 6.07) is 4.65. The normalized spacial score (nSPS) is 11.3. The summed E-state index contributed by atoms with van der Waals surface area (Å²) in [4.78, 5) is 20.7. The first-order valence-corrected chi connectivity index (χ1v) is 9.57. The van der Waals surface area contributed by atoms with Gasteiger partial charge < -0.3 is 5.73 Å². The van der Waals surface area contributed by atoms with E-state index in [2.05, 4.69) is 14.7 Å². The van der Waals surface area contributed by atoms with Crippen molar-refractivity contribution in [1.82, 2.24) is 14.7 Å². The third kappa shape index (κ3) is 4.51. The molecule has 0 bridgehead atoms. The number of halogens is 3. The van der Waals surface area contributed by atoms with Gasteiger partial charge in [0.05, 0.1) is 22.8 Å². The Balaban J connectivity index is 1.97. The van der Waals surface area contributed by atoms with Gasteiger partial charge in [0.1, 0.15) is 11.6 Å². The van der Waals surface area contributed by atoms with Crippen LogP contribution in [-0.2, 0) is 17.3 Å². The van der Waals surface area contributed by atoms with Gasteiger partial charge in [-0.3, -0.25) is 9.78 Å². The first kappa shape index (κ1) is 20.7. The summed E-state index contributed by atoms with van der Waals surface area (Å²) in [6.07, 6.45) is 1.35.